The molecular weight excluding hydrogens is 194 g/mol. The van der Waals surface area contributed by atoms with Crippen molar-refractivity contribution in [2.24, 2.45) is 0 Å². The molecule has 4 heteroatoms. The van der Waals surface area contributed by atoms with Crippen molar-refractivity contribution in [3.63, 3.8) is 0 Å². The number of rotatable bonds is 5. The third-order valence-electron chi connectivity index (χ3n) is 1.55. The van der Waals surface area contributed by atoms with E-state index in [4.69, 9.17) is 4.74 Å². The molecule has 4 nitrogen and oxygen atoms in total. The van der Waals surface area contributed by atoms with Crippen molar-refractivity contribution in [3.8, 4) is 0 Å². The van der Waals surface area contributed by atoms with Gasteiger partial charge in [-0.1, -0.05) is 6.08 Å². The SMILES string of the molecule is C=CCC[C@@H](C=O)NC(=O)OC(C)(C)C. The minimum absolute atomic E-state index is 0.502. The maximum absolute atomic E-state index is 11.3. The predicted molar refractivity (Wildman–Crippen MR) is 58.7 cm³/mol. The summed E-state index contributed by atoms with van der Waals surface area (Å²) in [6.07, 6.45) is 3.07. The summed E-state index contributed by atoms with van der Waals surface area (Å²) < 4.78 is 5.02. The molecule has 0 aliphatic carbocycles. The average Bonchev–Trinajstić information content (AvgIpc) is 2.09. The molecule has 1 amide bonds. The summed E-state index contributed by atoms with van der Waals surface area (Å²) in [6.45, 7) is 8.86. The first-order valence-electron chi connectivity index (χ1n) is 4.94. The zero-order valence-corrected chi connectivity index (χ0v) is 9.58. The average molecular weight is 213 g/mol. The molecule has 0 spiro atoms. The Labute approximate surface area is 90.7 Å². The van der Waals surface area contributed by atoms with E-state index in [9.17, 15) is 9.59 Å². The van der Waals surface area contributed by atoms with Crippen LogP contribution >= 0.6 is 0 Å². The molecule has 0 bridgehead atoms. The minimum Gasteiger partial charge on any atom is -0.444 e. The van der Waals surface area contributed by atoms with Crippen molar-refractivity contribution < 1.29 is 14.3 Å². The zero-order chi connectivity index (χ0) is 11.9. The number of nitrogens with one attached hydrogen (secondary N) is 1. The standard InChI is InChI=1S/C11H19NO3/c1-5-6-7-9(8-13)12-10(14)15-11(2,3)4/h5,8-9H,1,6-7H2,2-4H3,(H,12,14)/t9-/m0/s1. The lowest BCUT2D eigenvalue weighted by molar-refractivity contribution is -0.109. The fraction of sp³-hybridized carbons (Fsp3) is 0.636. The summed E-state index contributed by atoms with van der Waals surface area (Å²) in [5.41, 5.74) is -0.546. The largest absolute Gasteiger partial charge is 0.444 e. The van der Waals surface area contributed by atoms with Crippen molar-refractivity contribution >= 4 is 12.4 Å². The molecule has 0 radical (unpaired) electrons. The molecule has 0 heterocycles. The summed E-state index contributed by atoms with van der Waals surface area (Å²) in [5, 5.41) is 2.48. The highest BCUT2D eigenvalue weighted by Crippen LogP contribution is 2.07. The summed E-state index contributed by atoms with van der Waals surface area (Å²) >= 11 is 0. The van der Waals surface area contributed by atoms with Gasteiger partial charge in [-0.3, -0.25) is 0 Å². The fourth-order valence-electron chi connectivity index (χ4n) is 0.931. The van der Waals surface area contributed by atoms with Crippen molar-refractivity contribution in [2.45, 2.75) is 45.3 Å². The van der Waals surface area contributed by atoms with E-state index >= 15 is 0 Å². The summed E-state index contributed by atoms with van der Waals surface area (Å²) in [4.78, 5) is 21.9. The molecule has 0 aromatic rings. The molecule has 1 atom stereocenters. The van der Waals surface area contributed by atoms with Crippen LogP contribution in [0.3, 0.4) is 0 Å². The lowest BCUT2D eigenvalue weighted by atomic mass is 10.2. The number of aldehydes is 1. The third-order valence-corrected chi connectivity index (χ3v) is 1.55. The second kappa shape index (κ2) is 6.22. The molecule has 0 aromatic carbocycles. The van der Waals surface area contributed by atoms with Crippen LogP contribution in [0.4, 0.5) is 4.79 Å². The number of hydrogen-bond donors (Lipinski definition) is 1. The van der Waals surface area contributed by atoms with E-state index in [1.807, 2.05) is 0 Å². The van der Waals surface area contributed by atoms with E-state index in [1.54, 1.807) is 26.8 Å². The molecule has 0 aliphatic rings. The monoisotopic (exact) mass is 213 g/mol. The Balaban J connectivity index is 4.01. The maximum Gasteiger partial charge on any atom is 0.408 e. The highest BCUT2D eigenvalue weighted by Gasteiger charge is 2.18. The van der Waals surface area contributed by atoms with Crippen molar-refractivity contribution in [2.75, 3.05) is 0 Å². The molecule has 1 N–H and O–H groups in total. The van der Waals surface area contributed by atoms with Gasteiger partial charge < -0.3 is 14.8 Å². The van der Waals surface area contributed by atoms with Gasteiger partial charge >= 0.3 is 6.09 Å². The number of ether oxygens (including phenoxy) is 1. The van der Waals surface area contributed by atoms with Gasteiger partial charge in [0, 0.05) is 0 Å². The number of allylic oxidation sites excluding steroid dienone is 1. The highest BCUT2D eigenvalue weighted by molar-refractivity contribution is 5.73. The smallest absolute Gasteiger partial charge is 0.408 e. The number of hydrogen-bond acceptors (Lipinski definition) is 3. The van der Waals surface area contributed by atoms with Crippen LogP contribution in [0, 0.1) is 0 Å². The second-order valence-corrected chi connectivity index (χ2v) is 4.25. The lowest BCUT2D eigenvalue weighted by Gasteiger charge is -2.21. The van der Waals surface area contributed by atoms with Gasteiger partial charge in [-0.15, -0.1) is 6.58 Å². The van der Waals surface area contributed by atoms with E-state index in [0.717, 1.165) is 0 Å². The molecule has 0 saturated heterocycles. The van der Waals surface area contributed by atoms with Crippen LogP contribution in [0.1, 0.15) is 33.6 Å². The van der Waals surface area contributed by atoms with E-state index in [1.165, 1.54) is 0 Å². The van der Waals surface area contributed by atoms with E-state index < -0.39 is 17.7 Å². The quantitative estimate of drug-likeness (QED) is 0.561. The van der Waals surface area contributed by atoms with E-state index in [-0.39, 0.29) is 0 Å². The third kappa shape index (κ3) is 7.73. The Bertz CT molecular complexity index is 230. The first-order valence-corrected chi connectivity index (χ1v) is 4.94. The van der Waals surface area contributed by atoms with Gasteiger partial charge in [0.15, 0.2) is 0 Å². The number of carbonyl (C=O) groups is 2. The number of carbonyl (C=O) groups excluding carboxylic acids is 2. The molecule has 0 saturated carbocycles. The Hall–Kier alpha value is -1.32. The van der Waals surface area contributed by atoms with Gasteiger partial charge in [0.05, 0.1) is 6.04 Å². The van der Waals surface area contributed by atoms with Crippen LogP contribution in [0.5, 0.6) is 0 Å². The minimum atomic E-state index is -0.566. The Morgan fingerprint density at radius 2 is 2.13 bits per heavy atom. The molecule has 0 rings (SSSR count). The first kappa shape index (κ1) is 13.7. The molecule has 0 unspecified atom stereocenters. The van der Waals surface area contributed by atoms with Gasteiger partial charge in [-0.05, 0) is 33.6 Å². The summed E-state index contributed by atoms with van der Waals surface area (Å²) in [6, 6.07) is -0.502. The van der Waals surface area contributed by atoms with Crippen LogP contribution in [0.15, 0.2) is 12.7 Å². The topological polar surface area (TPSA) is 55.4 Å². The van der Waals surface area contributed by atoms with Gasteiger partial charge in [-0.2, -0.15) is 0 Å². The molecule has 0 aliphatic heterocycles. The van der Waals surface area contributed by atoms with Crippen LogP contribution in [-0.2, 0) is 9.53 Å². The second-order valence-electron chi connectivity index (χ2n) is 4.25. The zero-order valence-electron chi connectivity index (χ0n) is 9.58. The Kier molecular flexibility index (Phi) is 5.67. The first-order chi connectivity index (χ1) is 6.89. The number of amides is 1. The Morgan fingerprint density at radius 3 is 2.53 bits per heavy atom. The van der Waals surface area contributed by atoms with Crippen LogP contribution in [-0.4, -0.2) is 24.0 Å². The van der Waals surface area contributed by atoms with Crippen molar-refractivity contribution in [1.82, 2.24) is 5.32 Å². The van der Waals surface area contributed by atoms with Crippen molar-refractivity contribution in [3.05, 3.63) is 12.7 Å². The summed E-state index contributed by atoms with van der Waals surface area (Å²) in [5.74, 6) is 0. The van der Waals surface area contributed by atoms with Gasteiger partial charge in [0.1, 0.15) is 11.9 Å². The molecule has 0 fully saturated rings. The molecule has 86 valence electrons. The van der Waals surface area contributed by atoms with E-state index in [0.29, 0.717) is 19.1 Å². The predicted octanol–water partition coefficient (Wildman–Crippen LogP) is 2.04. The van der Waals surface area contributed by atoms with Gasteiger partial charge in [-0.25, -0.2) is 4.79 Å². The molecule has 0 aromatic heterocycles. The molecular formula is C11H19NO3. The number of alkyl carbamates (subject to hydrolysis) is 1. The van der Waals surface area contributed by atoms with Gasteiger partial charge in [0.25, 0.3) is 0 Å². The van der Waals surface area contributed by atoms with Crippen LogP contribution in [0.25, 0.3) is 0 Å². The van der Waals surface area contributed by atoms with E-state index in [2.05, 4.69) is 11.9 Å². The molecule has 15 heavy (non-hydrogen) atoms. The van der Waals surface area contributed by atoms with Crippen LogP contribution < -0.4 is 5.32 Å². The fourth-order valence-corrected chi connectivity index (χ4v) is 0.931. The Morgan fingerprint density at radius 1 is 1.53 bits per heavy atom. The maximum atomic E-state index is 11.3. The summed E-state index contributed by atoms with van der Waals surface area (Å²) in [7, 11) is 0. The van der Waals surface area contributed by atoms with Crippen LogP contribution in [0.2, 0.25) is 0 Å². The van der Waals surface area contributed by atoms with Crippen molar-refractivity contribution in [1.29, 1.82) is 0 Å². The normalized spacial score (nSPS) is 12.7. The lowest BCUT2D eigenvalue weighted by Crippen LogP contribution is -2.39. The highest BCUT2D eigenvalue weighted by atomic mass is 16.6. The van der Waals surface area contributed by atoms with Gasteiger partial charge in [0.2, 0.25) is 0 Å².